The number of halogens is 1. The third-order valence-corrected chi connectivity index (χ3v) is 5.02. The fourth-order valence-corrected chi connectivity index (χ4v) is 3.49. The Morgan fingerprint density at radius 2 is 2.38 bits per heavy atom. The van der Waals surface area contributed by atoms with Gasteiger partial charge in [-0.15, -0.1) is 11.3 Å². The van der Waals surface area contributed by atoms with E-state index in [1.54, 1.807) is 0 Å². The average molecular weight is 302 g/mol. The van der Waals surface area contributed by atoms with Gasteiger partial charge in [-0.25, -0.2) is 0 Å². The summed E-state index contributed by atoms with van der Waals surface area (Å²) >= 11 is 4.87. The van der Waals surface area contributed by atoms with E-state index >= 15 is 0 Å². The third-order valence-electron chi connectivity index (χ3n) is 3.18. The molecule has 1 aliphatic rings. The Kier molecular flexibility index (Phi) is 3.70. The van der Waals surface area contributed by atoms with E-state index in [1.165, 1.54) is 37.0 Å². The van der Waals surface area contributed by atoms with Crippen molar-refractivity contribution in [3.05, 3.63) is 20.8 Å². The second-order valence-corrected chi connectivity index (χ2v) is 6.30. The average Bonchev–Trinajstić information content (AvgIpc) is 2.89. The zero-order chi connectivity index (χ0) is 11.6. The summed E-state index contributed by atoms with van der Waals surface area (Å²) in [4.78, 5) is 12.7. The molecule has 1 saturated carbocycles. The highest BCUT2D eigenvalue weighted by Gasteiger charge is 2.41. The van der Waals surface area contributed by atoms with Crippen molar-refractivity contribution in [1.82, 2.24) is 5.32 Å². The predicted octanol–water partition coefficient (Wildman–Crippen LogP) is 3.82. The summed E-state index contributed by atoms with van der Waals surface area (Å²) < 4.78 is 0.898. The van der Waals surface area contributed by atoms with E-state index in [0.29, 0.717) is 5.41 Å². The van der Waals surface area contributed by atoms with E-state index in [1.807, 2.05) is 11.4 Å². The fourth-order valence-electron chi connectivity index (χ4n) is 2.03. The third kappa shape index (κ3) is 2.66. The van der Waals surface area contributed by atoms with Crippen molar-refractivity contribution < 1.29 is 4.79 Å². The maximum Gasteiger partial charge on any atom is 0.262 e. The molecule has 1 aliphatic carbocycles. The minimum absolute atomic E-state index is 0.0595. The van der Waals surface area contributed by atoms with Crippen molar-refractivity contribution >= 4 is 33.2 Å². The first-order valence-electron chi connectivity index (χ1n) is 5.68. The van der Waals surface area contributed by atoms with Gasteiger partial charge >= 0.3 is 0 Å². The van der Waals surface area contributed by atoms with Crippen molar-refractivity contribution in [3.63, 3.8) is 0 Å². The number of thiophene rings is 1. The van der Waals surface area contributed by atoms with Gasteiger partial charge in [0.25, 0.3) is 5.91 Å². The number of carbonyl (C=O) groups excluding carboxylic acids is 1. The van der Waals surface area contributed by atoms with Crippen molar-refractivity contribution in [2.24, 2.45) is 5.41 Å². The van der Waals surface area contributed by atoms with Gasteiger partial charge in [0.15, 0.2) is 0 Å². The van der Waals surface area contributed by atoms with Crippen LogP contribution >= 0.6 is 27.3 Å². The molecule has 0 bridgehead atoms. The number of hydrogen-bond donors (Lipinski definition) is 1. The molecule has 0 radical (unpaired) electrons. The van der Waals surface area contributed by atoms with Crippen LogP contribution in [0.2, 0.25) is 0 Å². The topological polar surface area (TPSA) is 29.1 Å². The fraction of sp³-hybridized carbons (Fsp3) is 0.583. The Hall–Kier alpha value is -0.350. The van der Waals surface area contributed by atoms with Gasteiger partial charge in [0.05, 0.1) is 0 Å². The zero-order valence-electron chi connectivity index (χ0n) is 9.38. The minimum Gasteiger partial charge on any atom is -0.351 e. The van der Waals surface area contributed by atoms with Gasteiger partial charge in [0, 0.05) is 11.0 Å². The molecule has 1 heterocycles. The molecule has 0 aliphatic heterocycles. The van der Waals surface area contributed by atoms with E-state index in [4.69, 9.17) is 0 Å². The summed E-state index contributed by atoms with van der Waals surface area (Å²) in [7, 11) is 0. The van der Waals surface area contributed by atoms with Crippen LogP contribution in [0.25, 0.3) is 0 Å². The SMILES string of the molecule is CCCC1(CNC(=O)c2sccc2Br)CC1. The maximum absolute atomic E-state index is 11.9. The lowest BCUT2D eigenvalue weighted by Crippen LogP contribution is -2.29. The molecule has 2 nitrogen and oxygen atoms in total. The molecule has 2 rings (SSSR count). The van der Waals surface area contributed by atoms with Crippen LogP contribution in [0.1, 0.15) is 42.3 Å². The summed E-state index contributed by atoms with van der Waals surface area (Å²) in [5.41, 5.74) is 0.425. The van der Waals surface area contributed by atoms with Gasteiger partial charge < -0.3 is 5.32 Å². The van der Waals surface area contributed by atoms with Crippen LogP contribution in [-0.2, 0) is 0 Å². The van der Waals surface area contributed by atoms with Crippen LogP contribution in [0, 0.1) is 5.41 Å². The lowest BCUT2D eigenvalue weighted by molar-refractivity contribution is 0.0947. The molecule has 1 aromatic rings. The van der Waals surface area contributed by atoms with Crippen molar-refractivity contribution in [2.75, 3.05) is 6.54 Å². The Bertz CT molecular complexity index is 384. The lowest BCUT2D eigenvalue weighted by atomic mass is 10.0. The number of nitrogens with one attached hydrogen (secondary N) is 1. The van der Waals surface area contributed by atoms with Crippen LogP contribution < -0.4 is 5.32 Å². The molecule has 16 heavy (non-hydrogen) atoms. The maximum atomic E-state index is 11.9. The van der Waals surface area contributed by atoms with Crippen LogP contribution in [0.3, 0.4) is 0 Å². The second kappa shape index (κ2) is 4.88. The highest BCUT2D eigenvalue weighted by molar-refractivity contribution is 9.10. The van der Waals surface area contributed by atoms with E-state index in [0.717, 1.165) is 15.9 Å². The number of amides is 1. The second-order valence-electron chi connectivity index (χ2n) is 4.53. The molecule has 1 fully saturated rings. The van der Waals surface area contributed by atoms with E-state index < -0.39 is 0 Å². The molecule has 0 atom stereocenters. The number of carbonyl (C=O) groups is 1. The molecular weight excluding hydrogens is 286 g/mol. The van der Waals surface area contributed by atoms with Gasteiger partial charge in [-0.2, -0.15) is 0 Å². The largest absolute Gasteiger partial charge is 0.351 e. The van der Waals surface area contributed by atoms with Gasteiger partial charge in [-0.05, 0) is 52.1 Å². The monoisotopic (exact) mass is 301 g/mol. The molecule has 4 heteroatoms. The predicted molar refractivity (Wildman–Crippen MR) is 70.9 cm³/mol. The highest BCUT2D eigenvalue weighted by atomic mass is 79.9. The van der Waals surface area contributed by atoms with Gasteiger partial charge in [-0.3, -0.25) is 4.79 Å². The quantitative estimate of drug-likeness (QED) is 0.880. The van der Waals surface area contributed by atoms with Crippen molar-refractivity contribution in [1.29, 1.82) is 0 Å². The number of rotatable bonds is 5. The Morgan fingerprint density at radius 1 is 1.62 bits per heavy atom. The molecular formula is C12H16BrNOS. The summed E-state index contributed by atoms with van der Waals surface area (Å²) in [5.74, 6) is 0.0595. The highest BCUT2D eigenvalue weighted by Crippen LogP contribution is 2.48. The number of hydrogen-bond acceptors (Lipinski definition) is 2. The van der Waals surface area contributed by atoms with E-state index in [2.05, 4.69) is 28.2 Å². The smallest absolute Gasteiger partial charge is 0.262 e. The van der Waals surface area contributed by atoms with Gasteiger partial charge in [-0.1, -0.05) is 13.3 Å². The zero-order valence-corrected chi connectivity index (χ0v) is 11.8. The summed E-state index contributed by atoms with van der Waals surface area (Å²) in [6, 6.07) is 1.92. The lowest BCUT2D eigenvalue weighted by Gasteiger charge is -2.14. The molecule has 1 N–H and O–H groups in total. The Balaban J connectivity index is 1.87. The molecule has 1 amide bonds. The van der Waals surface area contributed by atoms with Gasteiger partial charge in [0.1, 0.15) is 4.88 Å². The summed E-state index contributed by atoms with van der Waals surface area (Å²) in [6.45, 7) is 3.04. The molecule has 88 valence electrons. The van der Waals surface area contributed by atoms with Crippen molar-refractivity contribution in [2.45, 2.75) is 32.6 Å². The first kappa shape index (κ1) is 12.1. The standard InChI is InChI=1S/C12H16BrNOS/c1-2-4-12(5-6-12)8-14-11(15)10-9(13)3-7-16-10/h3,7H,2,4-6,8H2,1H3,(H,14,15). The minimum atomic E-state index is 0.0595. The Morgan fingerprint density at radius 3 is 2.88 bits per heavy atom. The summed E-state index contributed by atoms with van der Waals surface area (Å²) in [5, 5.41) is 4.98. The molecule has 0 saturated heterocycles. The van der Waals surface area contributed by atoms with Crippen molar-refractivity contribution in [3.8, 4) is 0 Å². The first-order chi connectivity index (χ1) is 7.67. The molecule has 1 aromatic heterocycles. The first-order valence-corrected chi connectivity index (χ1v) is 7.35. The van der Waals surface area contributed by atoms with Crippen LogP contribution in [0.5, 0.6) is 0 Å². The Labute approximate surface area is 109 Å². The van der Waals surface area contributed by atoms with E-state index in [9.17, 15) is 4.79 Å². The molecule has 0 aromatic carbocycles. The normalized spacial score (nSPS) is 17.1. The van der Waals surface area contributed by atoms with Crippen LogP contribution in [0.15, 0.2) is 15.9 Å². The molecule has 0 spiro atoms. The van der Waals surface area contributed by atoms with Crippen LogP contribution in [-0.4, -0.2) is 12.5 Å². The van der Waals surface area contributed by atoms with Crippen LogP contribution in [0.4, 0.5) is 0 Å². The van der Waals surface area contributed by atoms with Gasteiger partial charge in [0.2, 0.25) is 0 Å². The molecule has 0 unspecified atom stereocenters. The summed E-state index contributed by atoms with van der Waals surface area (Å²) in [6.07, 6.45) is 4.98. The van der Waals surface area contributed by atoms with E-state index in [-0.39, 0.29) is 5.91 Å².